The van der Waals surface area contributed by atoms with Gasteiger partial charge in [-0.15, -0.1) is 0 Å². The minimum Gasteiger partial charge on any atom is -0.494 e. The molecule has 2 saturated heterocycles. The molecule has 0 bridgehead atoms. The summed E-state index contributed by atoms with van der Waals surface area (Å²) in [7, 11) is 0. The molecular weight excluding hydrogens is 584 g/mol. The highest BCUT2D eigenvalue weighted by Crippen LogP contribution is 2.54. The predicted molar refractivity (Wildman–Crippen MR) is 177 cm³/mol. The Morgan fingerprint density at radius 2 is 1.52 bits per heavy atom. The first-order valence-electron chi connectivity index (χ1n) is 16.5. The zero-order valence-corrected chi connectivity index (χ0v) is 26.9. The van der Waals surface area contributed by atoms with Crippen LogP contribution in [-0.4, -0.2) is 91.4 Å². The number of ether oxygens (including phenoxy) is 2. The lowest BCUT2D eigenvalue weighted by Crippen LogP contribution is -2.55. The van der Waals surface area contributed by atoms with E-state index < -0.39 is 29.6 Å². The first-order chi connectivity index (χ1) is 22.4. The maximum absolute atomic E-state index is 14.6. The van der Waals surface area contributed by atoms with Gasteiger partial charge >= 0.3 is 0 Å². The van der Waals surface area contributed by atoms with Gasteiger partial charge in [0, 0.05) is 56.4 Å². The van der Waals surface area contributed by atoms with Crippen LogP contribution >= 0.6 is 0 Å². The molecule has 46 heavy (non-hydrogen) atoms. The molecule has 2 aromatic carbocycles. The number of benzene rings is 2. The van der Waals surface area contributed by atoms with E-state index in [1.165, 1.54) is 0 Å². The van der Waals surface area contributed by atoms with Gasteiger partial charge in [-0.25, -0.2) is 0 Å². The van der Waals surface area contributed by atoms with Crippen LogP contribution in [0.1, 0.15) is 33.6 Å². The molecule has 0 aliphatic carbocycles. The van der Waals surface area contributed by atoms with Crippen LogP contribution in [0.3, 0.4) is 0 Å². The normalized spacial score (nSPS) is 27.0. The third-order valence-corrected chi connectivity index (χ3v) is 9.72. The number of unbranched alkanes of at least 4 members (excludes halogenated alkanes) is 1. The number of carbonyl (C=O) groups is 3. The van der Waals surface area contributed by atoms with E-state index in [4.69, 9.17) is 9.47 Å². The molecule has 5 atom stereocenters. The summed E-state index contributed by atoms with van der Waals surface area (Å²) in [5.41, 5.74) is 1.21. The minimum absolute atomic E-state index is 0.0122. The molecule has 2 fully saturated rings. The van der Waals surface area contributed by atoms with Gasteiger partial charge in [-0.2, -0.15) is 0 Å². The van der Waals surface area contributed by atoms with Crippen molar-refractivity contribution in [3.8, 4) is 5.75 Å². The molecule has 0 aromatic heterocycles. The molecule has 10 nitrogen and oxygen atoms in total. The second kappa shape index (κ2) is 13.3. The monoisotopic (exact) mass is 628 g/mol. The van der Waals surface area contributed by atoms with E-state index in [1.54, 1.807) is 14.7 Å². The second-order valence-electron chi connectivity index (χ2n) is 12.1. The van der Waals surface area contributed by atoms with Crippen LogP contribution < -0.4 is 19.4 Å². The van der Waals surface area contributed by atoms with Gasteiger partial charge < -0.3 is 34.2 Å². The van der Waals surface area contributed by atoms with Gasteiger partial charge in [-0.05, 0) is 82.1 Å². The van der Waals surface area contributed by atoms with Crippen LogP contribution in [-0.2, 0) is 19.1 Å². The largest absolute Gasteiger partial charge is 0.494 e. The van der Waals surface area contributed by atoms with Crippen LogP contribution in [0.25, 0.3) is 0 Å². The van der Waals surface area contributed by atoms with E-state index in [0.29, 0.717) is 44.0 Å². The highest BCUT2D eigenvalue weighted by atomic mass is 16.5. The number of carbonyl (C=O) groups excluding carboxylic acids is 3. The fourth-order valence-corrected chi connectivity index (χ4v) is 7.56. The molecule has 3 amide bonds. The molecule has 0 radical (unpaired) electrons. The Morgan fingerprint density at radius 1 is 0.870 bits per heavy atom. The molecule has 4 heterocycles. The van der Waals surface area contributed by atoms with Gasteiger partial charge in [-0.1, -0.05) is 24.3 Å². The fraction of sp³-hybridized carbons (Fsp3) is 0.472. The molecular formula is C36H44N4O6. The summed E-state index contributed by atoms with van der Waals surface area (Å²) in [6, 6.07) is 14.3. The molecule has 2 aromatic rings. The number of aliphatic hydroxyl groups is 1. The van der Waals surface area contributed by atoms with E-state index in [-0.39, 0.29) is 30.9 Å². The predicted octanol–water partition coefficient (Wildman–Crippen LogP) is 3.79. The minimum atomic E-state index is -1.31. The summed E-state index contributed by atoms with van der Waals surface area (Å²) in [5.74, 6) is -1.67. The lowest BCUT2D eigenvalue weighted by atomic mass is 9.77. The van der Waals surface area contributed by atoms with Gasteiger partial charge in [-0.3, -0.25) is 14.4 Å². The van der Waals surface area contributed by atoms with Crippen molar-refractivity contribution in [3.05, 3.63) is 72.8 Å². The van der Waals surface area contributed by atoms with Crippen LogP contribution in [0.15, 0.2) is 72.8 Å². The average molecular weight is 629 g/mol. The highest BCUT2D eigenvalue weighted by molar-refractivity contribution is 6.07. The van der Waals surface area contributed by atoms with Gasteiger partial charge in [0.1, 0.15) is 17.4 Å². The Balaban J connectivity index is 1.36. The number of likely N-dealkylation sites (tertiary alicyclic amines) is 1. The SMILES string of the molecule is CCOc1ccc(N2CC=C[C@@H]3O[C@]45C=CCN(c6ccc(N(CC)CC)cc6)C(=O)C4N(CCCCO)C(=O)[C@@H]5[C@@H]3C2=O)cc1. The van der Waals surface area contributed by atoms with Crippen molar-refractivity contribution in [1.82, 2.24) is 4.90 Å². The van der Waals surface area contributed by atoms with Crippen LogP contribution in [0.4, 0.5) is 17.1 Å². The Bertz CT molecular complexity index is 1490. The number of fused-ring (bicyclic) bond motifs is 2. The van der Waals surface area contributed by atoms with Crippen LogP contribution in [0.2, 0.25) is 0 Å². The standard InChI is InChI=1S/C36H44N4O6/c1-4-37(5-2)25-12-14-26(15-13-25)39-23-10-20-36-31(34(43)40(21-7-8-24-41)32(36)35(39)44)30-29(46-36)11-9-22-38(33(30)42)27-16-18-28(19-17-27)45-6-3/h9-20,29-32,41H,4-8,21-24H2,1-3H3/t29-,30+,31-,32?,36-/m0/s1. The summed E-state index contributed by atoms with van der Waals surface area (Å²) in [5, 5.41) is 9.50. The first kappa shape index (κ1) is 31.8. The molecule has 1 spiro atoms. The Hall–Kier alpha value is -4.15. The zero-order valence-electron chi connectivity index (χ0n) is 26.9. The molecule has 244 valence electrons. The number of hydrogen-bond acceptors (Lipinski definition) is 7. The van der Waals surface area contributed by atoms with Crippen molar-refractivity contribution in [2.45, 2.75) is 51.4 Å². The van der Waals surface area contributed by atoms with Gasteiger partial charge in [0.15, 0.2) is 0 Å². The van der Waals surface area contributed by atoms with Crippen LogP contribution in [0, 0.1) is 11.8 Å². The molecule has 0 saturated carbocycles. The van der Waals surface area contributed by atoms with Crippen LogP contribution in [0.5, 0.6) is 5.75 Å². The van der Waals surface area contributed by atoms with Crippen molar-refractivity contribution >= 4 is 34.8 Å². The molecule has 1 unspecified atom stereocenters. The highest BCUT2D eigenvalue weighted by Gasteiger charge is 2.71. The van der Waals surface area contributed by atoms with E-state index >= 15 is 0 Å². The van der Waals surface area contributed by atoms with Gasteiger partial charge in [0.25, 0.3) is 5.91 Å². The quantitative estimate of drug-likeness (QED) is 0.299. The fourth-order valence-electron chi connectivity index (χ4n) is 7.56. The Kier molecular flexibility index (Phi) is 9.20. The molecule has 6 rings (SSSR count). The molecule has 10 heteroatoms. The van der Waals surface area contributed by atoms with E-state index in [0.717, 1.165) is 24.5 Å². The zero-order chi connectivity index (χ0) is 32.4. The summed E-state index contributed by atoms with van der Waals surface area (Å²) in [6.07, 6.45) is 7.90. The number of anilines is 3. The Morgan fingerprint density at radius 3 is 2.17 bits per heavy atom. The lowest BCUT2D eigenvalue weighted by Gasteiger charge is -2.35. The molecule has 1 N–H and O–H groups in total. The number of amides is 3. The number of aliphatic hydroxyl groups excluding tert-OH is 1. The van der Waals surface area contributed by atoms with Gasteiger partial charge in [0.05, 0.1) is 24.5 Å². The summed E-state index contributed by atoms with van der Waals surface area (Å²) < 4.78 is 12.4. The van der Waals surface area contributed by atoms with Gasteiger partial charge in [0.2, 0.25) is 11.8 Å². The number of nitrogens with zero attached hydrogens (tertiary/aromatic N) is 4. The number of rotatable bonds is 11. The number of hydrogen-bond donors (Lipinski definition) is 1. The third kappa shape index (κ3) is 5.37. The maximum atomic E-state index is 14.6. The third-order valence-electron chi connectivity index (χ3n) is 9.72. The Labute approximate surface area is 270 Å². The average Bonchev–Trinajstić information content (AvgIpc) is 3.37. The lowest BCUT2D eigenvalue weighted by molar-refractivity contribution is -0.140. The first-order valence-corrected chi connectivity index (χ1v) is 16.5. The molecule has 4 aliphatic rings. The van der Waals surface area contributed by atoms with Crippen molar-refractivity contribution < 1.29 is 29.0 Å². The van der Waals surface area contributed by atoms with Crippen molar-refractivity contribution in [2.75, 3.05) is 60.6 Å². The topological polar surface area (TPSA) is 103 Å². The van der Waals surface area contributed by atoms with E-state index in [9.17, 15) is 19.5 Å². The second-order valence-corrected chi connectivity index (χ2v) is 12.1. The van der Waals surface area contributed by atoms with E-state index in [1.807, 2.05) is 79.8 Å². The van der Waals surface area contributed by atoms with Crippen molar-refractivity contribution in [1.29, 1.82) is 0 Å². The van der Waals surface area contributed by atoms with Crippen molar-refractivity contribution in [3.63, 3.8) is 0 Å². The maximum Gasteiger partial charge on any atom is 0.253 e. The smallest absolute Gasteiger partial charge is 0.253 e. The summed E-state index contributed by atoms with van der Waals surface area (Å²) in [4.78, 5) is 50.7. The summed E-state index contributed by atoms with van der Waals surface area (Å²) >= 11 is 0. The summed E-state index contributed by atoms with van der Waals surface area (Å²) in [6.45, 7) is 9.35. The molecule has 4 aliphatic heterocycles. The van der Waals surface area contributed by atoms with Crippen molar-refractivity contribution in [2.24, 2.45) is 11.8 Å². The van der Waals surface area contributed by atoms with E-state index in [2.05, 4.69) is 18.7 Å².